The lowest BCUT2D eigenvalue weighted by atomic mass is 10.0. The van der Waals surface area contributed by atoms with E-state index in [1.807, 2.05) is 12.1 Å². The summed E-state index contributed by atoms with van der Waals surface area (Å²) in [6, 6.07) is 3.82. The monoisotopic (exact) mass is 278 g/mol. The van der Waals surface area contributed by atoms with E-state index in [9.17, 15) is 0 Å². The highest BCUT2D eigenvalue weighted by atomic mass is 35.5. The van der Waals surface area contributed by atoms with Gasteiger partial charge in [0.25, 0.3) is 0 Å². The van der Waals surface area contributed by atoms with E-state index in [-0.39, 0.29) is 0 Å². The second-order valence-electron chi connectivity index (χ2n) is 4.45. The molecule has 0 aliphatic heterocycles. The van der Waals surface area contributed by atoms with Crippen molar-refractivity contribution in [3.63, 3.8) is 0 Å². The molecule has 1 N–H and O–H groups in total. The number of nitrogens with one attached hydrogen (secondary N) is 1. The van der Waals surface area contributed by atoms with Crippen LogP contribution >= 0.6 is 11.6 Å². The van der Waals surface area contributed by atoms with Crippen molar-refractivity contribution in [3.8, 4) is 5.75 Å². The fourth-order valence-electron chi connectivity index (χ4n) is 2.32. The van der Waals surface area contributed by atoms with Gasteiger partial charge in [-0.3, -0.25) is 4.98 Å². The number of ether oxygens (including phenoxy) is 1. The first-order valence-electron chi connectivity index (χ1n) is 6.52. The largest absolute Gasteiger partial charge is 0.495 e. The molecule has 0 fully saturated rings. The molecule has 0 aliphatic carbocycles. The van der Waals surface area contributed by atoms with Gasteiger partial charge in [0, 0.05) is 29.4 Å². The Morgan fingerprint density at radius 1 is 1.32 bits per heavy atom. The number of aromatic nitrogens is 1. The van der Waals surface area contributed by atoms with Crippen molar-refractivity contribution in [1.82, 2.24) is 4.98 Å². The lowest BCUT2D eigenvalue weighted by molar-refractivity contribution is 0.415. The molecule has 4 heteroatoms. The molecule has 0 unspecified atom stereocenters. The quantitative estimate of drug-likeness (QED) is 0.910. The Kier molecular flexibility index (Phi) is 4.15. The first kappa shape index (κ1) is 13.9. The van der Waals surface area contributed by atoms with Crippen molar-refractivity contribution >= 4 is 28.2 Å². The van der Waals surface area contributed by atoms with Crippen molar-refractivity contribution in [3.05, 3.63) is 28.4 Å². The van der Waals surface area contributed by atoms with Crippen molar-refractivity contribution in [2.75, 3.05) is 19.0 Å². The average Bonchev–Trinajstić information content (AvgIpc) is 2.41. The molecule has 19 heavy (non-hydrogen) atoms. The molecule has 3 nitrogen and oxygen atoms in total. The predicted octanol–water partition coefficient (Wildman–Crippen LogP) is 4.20. The molecule has 0 radical (unpaired) electrons. The molecule has 0 saturated carbocycles. The van der Waals surface area contributed by atoms with E-state index in [1.54, 1.807) is 7.11 Å². The van der Waals surface area contributed by atoms with Crippen LogP contribution in [0, 0.1) is 6.92 Å². The molecule has 0 atom stereocenters. The number of methoxy groups -OCH3 is 1. The number of anilines is 1. The normalized spacial score (nSPS) is 10.8. The van der Waals surface area contributed by atoms with Crippen LogP contribution in [0.15, 0.2) is 12.1 Å². The predicted molar refractivity (Wildman–Crippen MR) is 81.6 cm³/mol. The Morgan fingerprint density at radius 2 is 2.05 bits per heavy atom. The fraction of sp³-hybridized carbons (Fsp3) is 0.400. The molecule has 102 valence electrons. The van der Waals surface area contributed by atoms with Gasteiger partial charge in [0.2, 0.25) is 0 Å². The van der Waals surface area contributed by atoms with Crippen LogP contribution in [0.2, 0.25) is 5.02 Å². The third kappa shape index (κ3) is 2.47. The van der Waals surface area contributed by atoms with Gasteiger partial charge in [-0.15, -0.1) is 0 Å². The summed E-state index contributed by atoms with van der Waals surface area (Å²) in [5, 5.41) is 5.07. The Balaban J connectivity index is 2.79. The van der Waals surface area contributed by atoms with E-state index in [4.69, 9.17) is 21.3 Å². The second kappa shape index (κ2) is 5.66. The summed E-state index contributed by atoms with van der Waals surface area (Å²) >= 11 is 6.22. The van der Waals surface area contributed by atoms with Gasteiger partial charge in [-0.1, -0.05) is 18.5 Å². The second-order valence-corrected chi connectivity index (χ2v) is 4.85. The lowest BCUT2D eigenvalue weighted by Gasteiger charge is -2.16. The lowest BCUT2D eigenvalue weighted by Crippen LogP contribution is -2.04. The highest BCUT2D eigenvalue weighted by Gasteiger charge is 2.13. The Hall–Kier alpha value is -1.48. The Labute approximate surface area is 118 Å². The summed E-state index contributed by atoms with van der Waals surface area (Å²) in [6.45, 7) is 7.17. The van der Waals surface area contributed by atoms with Gasteiger partial charge in [-0.2, -0.15) is 0 Å². The minimum absolute atomic E-state index is 0.611. The molecule has 0 aliphatic rings. The minimum atomic E-state index is 0.611. The third-order valence-corrected chi connectivity index (χ3v) is 3.59. The zero-order valence-electron chi connectivity index (χ0n) is 11.8. The van der Waals surface area contributed by atoms with Crippen LogP contribution in [0.1, 0.15) is 25.1 Å². The molecule has 1 aromatic heterocycles. The van der Waals surface area contributed by atoms with Crippen LogP contribution in [0.5, 0.6) is 5.75 Å². The maximum atomic E-state index is 6.22. The van der Waals surface area contributed by atoms with Gasteiger partial charge in [0.1, 0.15) is 5.75 Å². The van der Waals surface area contributed by atoms with Crippen molar-refractivity contribution in [2.24, 2.45) is 0 Å². The van der Waals surface area contributed by atoms with Gasteiger partial charge in [-0.25, -0.2) is 0 Å². The number of fused-ring (bicyclic) bond motifs is 1. The van der Waals surface area contributed by atoms with Gasteiger partial charge in [-0.05, 0) is 31.9 Å². The summed E-state index contributed by atoms with van der Waals surface area (Å²) < 4.78 is 5.26. The Bertz CT molecular complexity index is 606. The topological polar surface area (TPSA) is 34.2 Å². The van der Waals surface area contributed by atoms with E-state index < -0.39 is 0 Å². The number of nitrogens with zero attached hydrogens (tertiary/aromatic N) is 1. The maximum absolute atomic E-state index is 6.22. The number of pyridine rings is 1. The third-order valence-electron chi connectivity index (χ3n) is 3.29. The van der Waals surface area contributed by atoms with E-state index in [1.165, 1.54) is 5.56 Å². The first-order valence-corrected chi connectivity index (χ1v) is 6.90. The Morgan fingerprint density at radius 3 is 2.63 bits per heavy atom. The minimum Gasteiger partial charge on any atom is -0.495 e. The van der Waals surface area contributed by atoms with Gasteiger partial charge < -0.3 is 10.1 Å². The zero-order valence-corrected chi connectivity index (χ0v) is 12.6. The van der Waals surface area contributed by atoms with Crippen LogP contribution < -0.4 is 10.1 Å². The number of rotatable bonds is 4. The molecule has 1 heterocycles. The molecule has 0 saturated heterocycles. The van der Waals surface area contributed by atoms with Crippen LogP contribution in [0.4, 0.5) is 5.69 Å². The van der Waals surface area contributed by atoms with E-state index >= 15 is 0 Å². The summed E-state index contributed by atoms with van der Waals surface area (Å²) in [6.07, 6.45) is 0.908. The fourth-order valence-corrected chi connectivity index (χ4v) is 2.56. The van der Waals surface area contributed by atoms with Gasteiger partial charge in [0.05, 0.1) is 17.6 Å². The van der Waals surface area contributed by atoms with Crippen LogP contribution in [0.3, 0.4) is 0 Å². The molecular weight excluding hydrogens is 260 g/mol. The SMILES string of the molecule is CCNc1c(C)c(CC)nc2cc(OC)c(Cl)cc12. The molecular formula is C15H19ClN2O. The van der Waals surface area contributed by atoms with Crippen LogP contribution in [-0.4, -0.2) is 18.6 Å². The van der Waals surface area contributed by atoms with Crippen LogP contribution in [0.25, 0.3) is 10.9 Å². The highest BCUT2D eigenvalue weighted by Crippen LogP contribution is 2.35. The van der Waals surface area contributed by atoms with Crippen molar-refractivity contribution < 1.29 is 4.74 Å². The number of hydrogen-bond donors (Lipinski definition) is 1. The van der Waals surface area contributed by atoms with Crippen molar-refractivity contribution in [1.29, 1.82) is 0 Å². The van der Waals surface area contributed by atoms with E-state index in [0.717, 1.165) is 35.2 Å². The summed E-state index contributed by atoms with van der Waals surface area (Å²) in [5.41, 5.74) is 4.33. The highest BCUT2D eigenvalue weighted by molar-refractivity contribution is 6.33. The number of benzene rings is 1. The molecule has 2 rings (SSSR count). The summed E-state index contributed by atoms with van der Waals surface area (Å²) in [7, 11) is 1.62. The van der Waals surface area contributed by atoms with Crippen LogP contribution in [-0.2, 0) is 6.42 Å². The van der Waals surface area contributed by atoms with Gasteiger partial charge in [0.15, 0.2) is 0 Å². The number of hydrogen-bond acceptors (Lipinski definition) is 3. The molecule has 2 aromatic rings. The van der Waals surface area contributed by atoms with Gasteiger partial charge >= 0.3 is 0 Å². The number of halogens is 1. The van der Waals surface area contributed by atoms with Crippen molar-refractivity contribution in [2.45, 2.75) is 27.2 Å². The zero-order chi connectivity index (χ0) is 14.0. The van der Waals surface area contributed by atoms with E-state index in [0.29, 0.717) is 10.8 Å². The average molecular weight is 279 g/mol. The smallest absolute Gasteiger partial charge is 0.139 e. The summed E-state index contributed by atoms with van der Waals surface area (Å²) in [4.78, 5) is 4.71. The molecule has 1 aromatic carbocycles. The maximum Gasteiger partial charge on any atom is 0.139 e. The molecule has 0 amide bonds. The first-order chi connectivity index (χ1) is 9.12. The van der Waals surface area contributed by atoms with E-state index in [2.05, 4.69) is 26.1 Å². The standard InChI is InChI=1S/C15H19ClN2O/c1-5-12-9(3)15(17-6-2)10-7-11(16)14(19-4)8-13(10)18-12/h7-8H,5-6H2,1-4H3,(H,17,18). The molecule has 0 bridgehead atoms. The number of aryl methyl sites for hydroxylation is 1. The summed E-state index contributed by atoms with van der Waals surface area (Å²) in [5.74, 6) is 0.662. The molecule has 0 spiro atoms.